The van der Waals surface area contributed by atoms with Crippen LogP contribution in [-0.2, 0) is 0 Å². The lowest BCUT2D eigenvalue weighted by Gasteiger charge is -2.35. The second-order valence-corrected chi connectivity index (χ2v) is 6.66. The van der Waals surface area contributed by atoms with Crippen molar-refractivity contribution in [2.75, 3.05) is 20.1 Å². The molecule has 0 bridgehead atoms. The van der Waals surface area contributed by atoms with E-state index >= 15 is 0 Å². The minimum absolute atomic E-state index is 0.715. The maximum absolute atomic E-state index is 4.31. The molecule has 0 aromatic carbocycles. The fourth-order valence-corrected chi connectivity index (χ4v) is 4.23. The molecule has 1 aromatic rings. The van der Waals surface area contributed by atoms with Crippen molar-refractivity contribution in [2.45, 2.75) is 32.2 Å². The number of aromatic nitrogens is 2. The molecule has 0 spiro atoms. The molecule has 2 atom stereocenters. The average Bonchev–Trinajstić information content (AvgIpc) is 3.07. The van der Waals surface area contributed by atoms with Crippen molar-refractivity contribution in [1.82, 2.24) is 19.6 Å². The normalized spacial score (nSPS) is 29.5. The van der Waals surface area contributed by atoms with E-state index < -0.39 is 0 Å². The van der Waals surface area contributed by atoms with Gasteiger partial charge < -0.3 is 4.90 Å². The lowest BCUT2D eigenvalue weighted by atomic mass is 10.1. The number of rotatable bonds is 3. The van der Waals surface area contributed by atoms with E-state index in [1.165, 1.54) is 42.8 Å². The van der Waals surface area contributed by atoms with Gasteiger partial charge in [-0.3, -0.25) is 0 Å². The number of allylic oxidation sites excluding steroid dienone is 3. The van der Waals surface area contributed by atoms with Crippen molar-refractivity contribution in [3.05, 3.63) is 47.6 Å². The van der Waals surface area contributed by atoms with E-state index in [1.807, 2.05) is 6.20 Å². The molecular weight excluding hydrogens is 272 g/mol. The lowest BCUT2D eigenvalue weighted by Crippen LogP contribution is -2.45. The average molecular weight is 295 g/mol. The van der Waals surface area contributed by atoms with Gasteiger partial charge in [0.2, 0.25) is 0 Å². The van der Waals surface area contributed by atoms with Gasteiger partial charge in [0.1, 0.15) is 17.6 Å². The summed E-state index contributed by atoms with van der Waals surface area (Å²) in [5.74, 6) is 0. The summed E-state index contributed by atoms with van der Waals surface area (Å²) in [7, 11) is 2.26. The zero-order valence-corrected chi connectivity index (χ0v) is 13.4. The van der Waals surface area contributed by atoms with Gasteiger partial charge in [-0.2, -0.15) is 5.10 Å². The van der Waals surface area contributed by atoms with Gasteiger partial charge in [-0.05, 0) is 39.4 Å². The molecule has 4 rings (SSSR count). The Hall–Kier alpha value is -1.78. The van der Waals surface area contributed by atoms with E-state index in [2.05, 4.69) is 59.6 Å². The van der Waals surface area contributed by atoms with Gasteiger partial charge in [0.05, 0.1) is 18.3 Å². The molecule has 0 N–H and O–H groups in total. The van der Waals surface area contributed by atoms with Crippen LogP contribution in [0.2, 0.25) is 0 Å². The van der Waals surface area contributed by atoms with Crippen LogP contribution in [0, 0.1) is 6.92 Å². The highest BCUT2D eigenvalue weighted by atomic mass is 15.4. The maximum Gasteiger partial charge on any atom is 0.175 e. The van der Waals surface area contributed by atoms with Crippen molar-refractivity contribution in [3.8, 4) is 0 Å². The van der Waals surface area contributed by atoms with Crippen LogP contribution in [0.5, 0.6) is 0 Å². The standard InChI is InChI=1S/C18H23N4/c1-14-18-15(13-19-20-14)12-17-7-3-4-10-22(17,18)11-8-16-6-5-9-21(16)2/h3-4,7,10,12-13,16H,5-6,8-9,11H2,1-2H3/q+1. The third-order valence-corrected chi connectivity index (χ3v) is 5.39. The van der Waals surface area contributed by atoms with E-state index in [-0.39, 0.29) is 0 Å². The van der Waals surface area contributed by atoms with Gasteiger partial charge in [-0.25, -0.2) is 4.48 Å². The van der Waals surface area contributed by atoms with E-state index in [4.69, 9.17) is 0 Å². The summed E-state index contributed by atoms with van der Waals surface area (Å²) in [4.78, 5) is 2.51. The Morgan fingerprint density at radius 1 is 1.36 bits per heavy atom. The number of nitrogens with zero attached hydrogens (tertiary/aromatic N) is 4. The summed E-state index contributed by atoms with van der Waals surface area (Å²) < 4.78 is 0.817. The predicted molar refractivity (Wildman–Crippen MR) is 90.0 cm³/mol. The second-order valence-electron chi connectivity index (χ2n) is 6.66. The first-order chi connectivity index (χ1) is 10.7. The van der Waals surface area contributed by atoms with Gasteiger partial charge in [-0.1, -0.05) is 6.08 Å². The number of likely N-dealkylation sites (tertiary alicyclic amines) is 1. The molecule has 1 fully saturated rings. The highest BCUT2D eigenvalue weighted by Crippen LogP contribution is 2.44. The van der Waals surface area contributed by atoms with Crippen LogP contribution in [0.4, 0.5) is 5.69 Å². The van der Waals surface area contributed by atoms with Crippen LogP contribution < -0.4 is 4.48 Å². The molecular formula is C18H23N4+. The number of fused-ring (bicyclic) bond motifs is 3. The maximum atomic E-state index is 4.31. The van der Waals surface area contributed by atoms with Gasteiger partial charge in [0.25, 0.3) is 0 Å². The molecule has 1 aromatic heterocycles. The zero-order valence-electron chi connectivity index (χ0n) is 13.4. The highest BCUT2D eigenvalue weighted by molar-refractivity contribution is 5.81. The molecule has 4 heteroatoms. The van der Waals surface area contributed by atoms with Crippen molar-refractivity contribution < 1.29 is 0 Å². The Morgan fingerprint density at radius 2 is 2.27 bits per heavy atom. The second kappa shape index (κ2) is 5.14. The summed E-state index contributed by atoms with van der Waals surface area (Å²) in [6, 6.07) is 0.715. The summed E-state index contributed by atoms with van der Waals surface area (Å²) in [5.41, 5.74) is 4.92. The quantitative estimate of drug-likeness (QED) is 0.803. The zero-order chi connectivity index (χ0) is 15.2. The van der Waals surface area contributed by atoms with Crippen molar-refractivity contribution in [1.29, 1.82) is 0 Å². The van der Waals surface area contributed by atoms with E-state index in [9.17, 15) is 0 Å². The Kier molecular flexibility index (Phi) is 3.24. The Bertz CT molecular complexity index is 688. The number of hydrogen-bond donors (Lipinski definition) is 0. The Labute approximate surface area is 132 Å². The smallest absolute Gasteiger partial charge is 0.175 e. The van der Waals surface area contributed by atoms with E-state index in [1.54, 1.807) is 0 Å². The van der Waals surface area contributed by atoms with Crippen molar-refractivity contribution in [3.63, 3.8) is 0 Å². The third-order valence-electron chi connectivity index (χ3n) is 5.39. The van der Waals surface area contributed by atoms with Crippen LogP contribution in [0.25, 0.3) is 6.08 Å². The monoisotopic (exact) mass is 295 g/mol. The van der Waals surface area contributed by atoms with Crippen LogP contribution in [-0.4, -0.2) is 41.3 Å². The van der Waals surface area contributed by atoms with Gasteiger partial charge in [0.15, 0.2) is 5.69 Å². The largest absolute Gasteiger partial charge is 0.303 e. The number of aryl methyl sites for hydroxylation is 1. The summed E-state index contributed by atoms with van der Waals surface area (Å²) in [6.45, 7) is 4.42. The molecule has 0 amide bonds. The van der Waals surface area contributed by atoms with E-state index in [0.29, 0.717) is 6.04 Å². The third kappa shape index (κ3) is 1.98. The van der Waals surface area contributed by atoms with Crippen LogP contribution in [0.1, 0.15) is 30.5 Å². The highest BCUT2D eigenvalue weighted by Gasteiger charge is 2.43. The SMILES string of the molecule is Cc1nncc2c1[N+]1(CCC3CCCN3C)C=CC=CC1=C2. The first-order valence-corrected chi connectivity index (χ1v) is 8.20. The minimum Gasteiger partial charge on any atom is -0.303 e. The molecule has 4 heterocycles. The van der Waals surface area contributed by atoms with Crippen LogP contribution >= 0.6 is 0 Å². The molecule has 4 nitrogen and oxygen atoms in total. The molecule has 0 aliphatic carbocycles. The van der Waals surface area contributed by atoms with Gasteiger partial charge in [0, 0.05) is 24.6 Å². The first-order valence-electron chi connectivity index (χ1n) is 8.20. The Morgan fingerprint density at radius 3 is 3.09 bits per heavy atom. The molecule has 1 saturated heterocycles. The molecule has 0 saturated carbocycles. The molecule has 114 valence electrons. The van der Waals surface area contributed by atoms with Gasteiger partial charge >= 0.3 is 0 Å². The number of quaternary nitrogens is 1. The fraction of sp³-hybridized carbons (Fsp3) is 0.444. The first kappa shape index (κ1) is 13.9. The van der Waals surface area contributed by atoms with E-state index in [0.717, 1.165) is 16.7 Å². The predicted octanol–water partition coefficient (Wildman–Crippen LogP) is 3.01. The van der Waals surface area contributed by atoms with Crippen molar-refractivity contribution in [2.24, 2.45) is 0 Å². The molecule has 3 aliphatic rings. The summed E-state index contributed by atoms with van der Waals surface area (Å²) >= 11 is 0. The molecule has 0 radical (unpaired) electrons. The topological polar surface area (TPSA) is 29.0 Å². The minimum atomic E-state index is 0.715. The van der Waals surface area contributed by atoms with Gasteiger partial charge in [-0.15, -0.1) is 5.10 Å². The number of hydrogen-bond acceptors (Lipinski definition) is 3. The molecule has 22 heavy (non-hydrogen) atoms. The molecule has 2 unspecified atom stereocenters. The lowest BCUT2D eigenvalue weighted by molar-refractivity contribution is 0.277. The van der Waals surface area contributed by atoms with Crippen molar-refractivity contribution >= 4 is 11.8 Å². The summed E-state index contributed by atoms with van der Waals surface area (Å²) in [6.07, 6.45) is 16.9. The summed E-state index contributed by atoms with van der Waals surface area (Å²) in [5, 5.41) is 8.45. The van der Waals surface area contributed by atoms with Crippen LogP contribution in [0.15, 0.2) is 36.3 Å². The molecule has 3 aliphatic heterocycles. The Balaban J connectivity index is 1.70. The fourth-order valence-electron chi connectivity index (χ4n) is 4.23. The van der Waals surface area contributed by atoms with Crippen LogP contribution in [0.3, 0.4) is 0 Å².